The van der Waals surface area contributed by atoms with Gasteiger partial charge < -0.3 is 4.74 Å². The third kappa shape index (κ3) is 2.12. The molecule has 0 heterocycles. The molecule has 4 aliphatic rings. The van der Waals surface area contributed by atoms with E-state index in [1.54, 1.807) is 0 Å². The smallest absolute Gasteiger partial charge is 0.136 e. The molecule has 4 aliphatic carbocycles. The van der Waals surface area contributed by atoms with E-state index < -0.39 is 0 Å². The zero-order valence-corrected chi connectivity index (χ0v) is 15.4. The molecular weight excluding hydrogens is 284 g/mol. The maximum Gasteiger partial charge on any atom is 0.136 e. The third-order valence-corrected chi connectivity index (χ3v) is 9.01. The molecule has 0 aromatic rings. The molecule has 0 aromatic heterocycles. The van der Waals surface area contributed by atoms with Gasteiger partial charge in [0.2, 0.25) is 0 Å². The molecule has 0 N–H and O–H groups in total. The number of rotatable bonds is 1. The second-order valence-corrected chi connectivity index (χ2v) is 9.78. The van der Waals surface area contributed by atoms with Crippen LogP contribution in [0.25, 0.3) is 0 Å². The van der Waals surface area contributed by atoms with Crippen molar-refractivity contribution in [3.63, 3.8) is 0 Å². The predicted molar refractivity (Wildman–Crippen MR) is 92.1 cm³/mol. The van der Waals surface area contributed by atoms with Crippen molar-refractivity contribution in [1.29, 1.82) is 0 Å². The number of fused-ring (bicyclic) bond motifs is 5. The first-order valence-electron chi connectivity index (χ1n) is 9.95. The lowest BCUT2D eigenvalue weighted by Gasteiger charge is -2.60. The van der Waals surface area contributed by atoms with Crippen LogP contribution in [-0.4, -0.2) is 19.0 Å². The highest BCUT2D eigenvalue weighted by Crippen LogP contribution is 2.66. The summed E-state index contributed by atoms with van der Waals surface area (Å²) in [7, 11) is 1.91. The lowest BCUT2D eigenvalue weighted by molar-refractivity contribution is -0.150. The van der Waals surface area contributed by atoms with E-state index in [-0.39, 0.29) is 0 Å². The quantitative estimate of drug-likeness (QED) is 0.690. The number of ether oxygens (including phenoxy) is 1. The van der Waals surface area contributed by atoms with Gasteiger partial charge in [-0.25, -0.2) is 0 Å². The Kier molecular flexibility index (Phi) is 3.72. The Hall–Kier alpha value is -0.370. The maximum atomic E-state index is 12.3. The lowest BCUT2D eigenvalue weighted by Crippen LogP contribution is -2.55. The molecular formula is C21H34O2. The number of hydrogen-bond acceptors (Lipinski definition) is 2. The van der Waals surface area contributed by atoms with Crippen molar-refractivity contribution in [3.8, 4) is 0 Å². The molecule has 130 valence electrons. The molecule has 0 aliphatic heterocycles. The van der Waals surface area contributed by atoms with E-state index in [2.05, 4.69) is 20.8 Å². The second-order valence-electron chi connectivity index (χ2n) is 9.78. The summed E-state index contributed by atoms with van der Waals surface area (Å²) in [4.78, 5) is 12.3. The number of carbonyl (C=O) groups is 1. The Morgan fingerprint density at radius 1 is 1.00 bits per heavy atom. The van der Waals surface area contributed by atoms with Crippen LogP contribution in [-0.2, 0) is 9.53 Å². The number of carbonyl (C=O) groups excluding carboxylic acids is 1. The summed E-state index contributed by atoms with van der Waals surface area (Å²) in [5.74, 6) is 4.08. The first-order chi connectivity index (χ1) is 10.9. The zero-order valence-electron chi connectivity index (χ0n) is 15.4. The van der Waals surface area contributed by atoms with Crippen LogP contribution in [0, 0.1) is 40.4 Å². The third-order valence-electron chi connectivity index (χ3n) is 9.01. The molecule has 0 unspecified atom stereocenters. The second kappa shape index (κ2) is 5.31. The van der Waals surface area contributed by atoms with Crippen LogP contribution in [0.1, 0.15) is 72.1 Å². The largest absolute Gasteiger partial charge is 0.381 e. The van der Waals surface area contributed by atoms with Crippen molar-refractivity contribution in [2.24, 2.45) is 40.4 Å². The number of Topliss-reactive ketones (excluding diaryl/α,β-unsaturated/α-hetero) is 1. The summed E-state index contributed by atoms with van der Waals surface area (Å²) in [6.07, 6.45) is 10.5. The van der Waals surface area contributed by atoms with Crippen molar-refractivity contribution in [1.82, 2.24) is 0 Å². The topological polar surface area (TPSA) is 26.3 Å². The van der Waals surface area contributed by atoms with Crippen LogP contribution in [0.3, 0.4) is 0 Å². The van der Waals surface area contributed by atoms with Crippen LogP contribution in [0.5, 0.6) is 0 Å². The van der Waals surface area contributed by atoms with E-state index in [9.17, 15) is 4.79 Å². The highest BCUT2D eigenvalue weighted by atomic mass is 16.5. The van der Waals surface area contributed by atoms with Crippen molar-refractivity contribution in [2.75, 3.05) is 7.11 Å². The molecule has 0 bridgehead atoms. The highest BCUT2D eigenvalue weighted by Gasteiger charge is 2.60. The lowest BCUT2D eigenvalue weighted by atomic mass is 9.44. The molecule has 4 rings (SSSR count). The zero-order chi connectivity index (χ0) is 16.4. The molecule has 0 radical (unpaired) electrons. The standard InChI is InChI=1S/C21H34O2/c1-13-12-21(3)14(11-18(13)22)5-6-15-16-7-8-19(23-4)20(16,2)10-9-17(15)21/h13-17,19H,5-12H2,1-4H3/t13-,14+,15+,16+,17+,19+,20+,21+/m1/s1. The Morgan fingerprint density at radius 3 is 2.48 bits per heavy atom. The van der Waals surface area contributed by atoms with Crippen molar-refractivity contribution in [3.05, 3.63) is 0 Å². The Bertz CT molecular complexity index is 500. The minimum Gasteiger partial charge on any atom is -0.381 e. The van der Waals surface area contributed by atoms with E-state index >= 15 is 0 Å². The minimum atomic E-state index is 0.290. The van der Waals surface area contributed by atoms with Crippen molar-refractivity contribution >= 4 is 5.78 Å². The molecule has 23 heavy (non-hydrogen) atoms. The van der Waals surface area contributed by atoms with Gasteiger partial charge in [0.1, 0.15) is 5.78 Å². The van der Waals surface area contributed by atoms with Crippen LogP contribution in [0.15, 0.2) is 0 Å². The summed E-state index contributed by atoms with van der Waals surface area (Å²) in [5, 5.41) is 0. The molecule has 0 saturated heterocycles. The average molecular weight is 319 g/mol. The van der Waals surface area contributed by atoms with Gasteiger partial charge >= 0.3 is 0 Å². The summed E-state index contributed by atoms with van der Waals surface area (Å²) < 4.78 is 5.88. The average Bonchev–Trinajstić information content (AvgIpc) is 2.85. The van der Waals surface area contributed by atoms with Gasteiger partial charge in [0, 0.05) is 19.4 Å². The van der Waals surface area contributed by atoms with Crippen LogP contribution >= 0.6 is 0 Å². The van der Waals surface area contributed by atoms with Gasteiger partial charge in [-0.2, -0.15) is 0 Å². The molecule has 4 saturated carbocycles. The summed E-state index contributed by atoms with van der Waals surface area (Å²) in [6, 6.07) is 0. The Balaban J connectivity index is 1.63. The van der Waals surface area contributed by atoms with Gasteiger partial charge in [-0.15, -0.1) is 0 Å². The SMILES string of the molecule is CO[C@H]1CC[C@H]2[C@@H]3CC[C@H]4CC(=O)[C@H](C)C[C@]4(C)[C@H]3CC[C@]12C. The van der Waals surface area contributed by atoms with Gasteiger partial charge in [-0.1, -0.05) is 20.8 Å². The molecule has 0 amide bonds. The monoisotopic (exact) mass is 318 g/mol. The van der Waals surface area contributed by atoms with Gasteiger partial charge in [-0.3, -0.25) is 4.79 Å². The molecule has 0 aromatic carbocycles. The van der Waals surface area contributed by atoms with E-state index in [0.29, 0.717) is 34.6 Å². The molecule has 8 atom stereocenters. The predicted octanol–water partition coefficient (Wildman–Crippen LogP) is 4.86. The maximum absolute atomic E-state index is 12.3. The van der Waals surface area contributed by atoms with Gasteiger partial charge in [0.15, 0.2) is 0 Å². The number of methoxy groups -OCH3 is 1. The first kappa shape index (κ1) is 16.1. The minimum absolute atomic E-state index is 0.290. The summed E-state index contributed by atoms with van der Waals surface area (Å²) in [5.41, 5.74) is 0.831. The van der Waals surface area contributed by atoms with E-state index in [1.807, 2.05) is 7.11 Å². The normalized spacial score (nSPS) is 55.9. The van der Waals surface area contributed by atoms with Crippen LogP contribution in [0.4, 0.5) is 0 Å². The fourth-order valence-electron chi connectivity index (χ4n) is 7.74. The fourth-order valence-corrected chi connectivity index (χ4v) is 7.74. The summed E-state index contributed by atoms with van der Waals surface area (Å²) >= 11 is 0. The molecule has 2 nitrogen and oxygen atoms in total. The van der Waals surface area contributed by atoms with E-state index in [0.717, 1.165) is 30.6 Å². The number of hydrogen-bond donors (Lipinski definition) is 0. The number of ketones is 1. The van der Waals surface area contributed by atoms with Crippen molar-refractivity contribution in [2.45, 2.75) is 78.2 Å². The molecule has 0 spiro atoms. The Labute approximate surface area is 141 Å². The van der Waals surface area contributed by atoms with Crippen LogP contribution in [0.2, 0.25) is 0 Å². The molecule has 4 fully saturated rings. The summed E-state index contributed by atoms with van der Waals surface area (Å²) in [6.45, 7) is 7.23. The fraction of sp³-hybridized carbons (Fsp3) is 0.952. The van der Waals surface area contributed by atoms with E-state index in [4.69, 9.17) is 4.74 Å². The van der Waals surface area contributed by atoms with Crippen molar-refractivity contribution < 1.29 is 9.53 Å². The van der Waals surface area contributed by atoms with E-state index in [1.165, 1.54) is 38.5 Å². The van der Waals surface area contributed by atoms with Gasteiger partial charge in [-0.05, 0) is 79.4 Å². The molecule has 2 heteroatoms. The van der Waals surface area contributed by atoms with Gasteiger partial charge in [0.05, 0.1) is 6.10 Å². The first-order valence-corrected chi connectivity index (χ1v) is 9.95. The Morgan fingerprint density at radius 2 is 1.74 bits per heavy atom. The van der Waals surface area contributed by atoms with Gasteiger partial charge in [0.25, 0.3) is 0 Å². The van der Waals surface area contributed by atoms with Crippen LogP contribution < -0.4 is 0 Å². The highest BCUT2D eigenvalue weighted by molar-refractivity contribution is 5.82.